The number of benzene rings is 1. The van der Waals surface area contributed by atoms with Crippen LogP contribution in [-0.2, 0) is 16.4 Å². The molecule has 0 aliphatic carbocycles. The molecule has 1 fully saturated rings. The van der Waals surface area contributed by atoms with Gasteiger partial charge in [0.25, 0.3) is 0 Å². The Kier molecular flexibility index (Phi) is 4.27. The molecule has 23 heavy (non-hydrogen) atoms. The van der Waals surface area contributed by atoms with Gasteiger partial charge in [0.1, 0.15) is 0 Å². The lowest BCUT2D eigenvalue weighted by molar-refractivity contribution is 0.00938. The third kappa shape index (κ3) is 4.02. The van der Waals surface area contributed by atoms with Crippen molar-refractivity contribution in [3.8, 4) is 0 Å². The van der Waals surface area contributed by atoms with Gasteiger partial charge in [0.15, 0.2) is 15.7 Å². The number of aliphatic hydroxyl groups is 1. The van der Waals surface area contributed by atoms with Gasteiger partial charge in [-0.2, -0.15) is 0 Å². The van der Waals surface area contributed by atoms with Crippen molar-refractivity contribution in [1.82, 2.24) is 20.2 Å². The first-order chi connectivity index (χ1) is 11.0. The zero-order valence-corrected chi connectivity index (χ0v) is 13.4. The van der Waals surface area contributed by atoms with Gasteiger partial charge in [-0.25, -0.2) is 13.1 Å². The van der Waals surface area contributed by atoms with E-state index in [1.807, 2.05) is 36.4 Å². The number of sulfone groups is 1. The molecule has 7 nitrogen and oxygen atoms in total. The van der Waals surface area contributed by atoms with Gasteiger partial charge in [0.05, 0.1) is 23.7 Å². The minimum atomic E-state index is -3.02. The lowest BCUT2D eigenvalue weighted by atomic mass is 9.97. The maximum Gasteiger partial charge on any atom is 0.174 e. The van der Waals surface area contributed by atoms with Gasteiger partial charge in [-0.05, 0) is 34.9 Å². The second-order valence-corrected chi connectivity index (χ2v) is 8.12. The molecule has 0 saturated carbocycles. The van der Waals surface area contributed by atoms with Gasteiger partial charge in [0.2, 0.25) is 0 Å². The summed E-state index contributed by atoms with van der Waals surface area (Å²) in [5.41, 5.74) is -0.0692. The Labute approximate surface area is 134 Å². The summed E-state index contributed by atoms with van der Waals surface area (Å²) < 4.78 is 24.5. The average molecular weight is 334 g/mol. The second-order valence-electron chi connectivity index (χ2n) is 5.81. The Balaban J connectivity index is 1.73. The molecule has 1 aromatic carbocycles. The van der Waals surface area contributed by atoms with Crippen LogP contribution in [-0.4, -0.2) is 50.8 Å². The third-order valence-electron chi connectivity index (χ3n) is 3.98. The summed E-state index contributed by atoms with van der Waals surface area (Å²) in [6.07, 6.45) is 4.07. The molecular weight excluding hydrogens is 316 g/mol. The van der Waals surface area contributed by atoms with Gasteiger partial charge in [-0.1, -0.05) is 36.4 Å². The highest BCUT2D eigenvalue weighted by Crippen LogP contribution is 2.25. The van der Waals surface area contributed by atoms with E-state index in [2.05, 4.69) is 15.5 Å². The molecule has 1 N–H and O–H groups in total. The molecule has 1 aliphatic rings. The van der Waals surface area contributed by atoms with Crippen LogP contribution in [0.2, 0.25) is 0 Å². The molecular formula is C15H18N4O3S. The molecule has 1 saturated heterocycles. The molecule has 8 heteroatoms. The van der Waals surface area contributed by atoms with Crippen molar-refractivity contribution in [2.24, 2.45) is 0 Å². The van der Waals surface area contributed by atoms with Crippen LogP contribution in [0.5, 0.6) is 0 Å². The molecule has 0 atom stereocenters. The molecule has 0 spiro atoms. The molecule has 2 aromatic rings. The molecule has 1 aliphatic heterocycles. The van der Waals surface area contributed by atoms with Crippen LogP contribution < -0.4 is 0 Å². The minimum Gasteiger partial charge on any atom is -0.388 e. The molecule has 0 amide bonds. The van der Waals surface area contributed by atoms with Crippen molar-refractivity contribution in [2.75, 3.05) is 11.5 Å². The van der Waals surface area contributed by atoms with Gasteiger partial charge in [0, 0.05) is 0 Å². The molecule has 1 aromatic heterocycles. The van der Waals surface area contributed by atoms with Crippen molar-refractivity contribution in [2.45, 2.75) is 25.0 Å². The van der Waals surface area contributed by atoms with Crippen LogP contribution in [0.15, 0.2) is 30.3 Å². The zero-order chi connectivity index (χ0) is 16.3. The lowest BCUT2D eigenvalue weighted by Crippen LogP contribution is -2.43. The Morgan fingerprint density at radius 1 is 1.17 bits per heavy atom. The quantitative estimate of drug-likeness (QED) is 0.887. The van der Waals surface area contributed by atoms with Crippen LogP contribution in [0.4, 0.5) is 0 Å². The standard InChI is InChI=1S/C15H18N4O3S/c20-15(8-10-23(21,22)11-9-15)12-19-14(16-17-18-19)7-6-13-4-2-1-3-5-13/h1-7,20H,8-12H2/b7-6+. The Hall–Kier alpha value is -2.06. The maximum absolute atomic E-state index is 11.5. The first kappa shape index (κ1) is 15.8. The lowest BCUT2D eigenvalue weighted by Gasteiger charge is -2.31. The van der Waals surface area contributed by atoms with E-state index in [1.54, 1.807) is 6.08 Å². The molecule has 2 heterocycles. The predicted molar refractivity (Wildman–Crippen MR) is 86.0 cm³/mol. The van der Waals surface area contributed by atoms with E-state index >= 15 is 0 Å². The third-order valence-corrected chi connectivity index (χ3v) is 5.64. The Morgan fingerprint density at radius 2 is 1.87 bits per heavy atom. The fraction of sp³-hybridized carbons (Fsp3) is 0.400. The zero-order valence-electron chi connectivity index (χ0n) is 12.5. The summed E-state index contributed by atoms with van der Waals surface area (Å²) >= 11 is 0. The number of rotatable bonds is 4. The number of nitrogens with zero attached hydrogens (tertiary/aromatic N) is 4. The van der Waals surface area contributed by atoms with Gasteiger partial charge < -0.3 is 5.11 Å². The van der Waals surface area contributed by atoms with Crippen molar-refractivity contribution < 1.29 is 13.5 Å². The van der Waals surface area contributed by atoms with Gasteiger partial charge in [-0.15, -0.1) is 5.10 Å². The maximum atomic E-state index is 11.5. The number of aromatic nitrogens is 4. The largest absolute Gasteiger partial charge is 0.388 e. The van der Waals surface area contributed by atoms with Crippen LogP contribution in [0.1, 0.15) is 24.2 Å². The summed E-state index contributed by atoms with van der Waals surface area (Å²) in [4.78, 5) is 0. The normalized spacial score (nSPS) is 19.9. The predicted octanol–water partition coefficient (Wildman–Crippen LogP) is 0.783. The smallest absolute Gasteiger partial charge is 0.174 e. The fourth-order valence-corrected chi connectivity index (χ4v) is 4.12. The van der Waals surface area contributed by atoms with E-state index in [0.717, 1.165) is 5.56 Å². The second kappa shape index (κ2) is 6.21. The first-order valence-corrected chi connectivity index (χ1v) is 9.20. The average Bonchev–Trinajstić information content (AvgIpc) is 2.97. The molecule has 122 valence electrons. The highest BCUT2D eigenvalue weighted by molar-refractivity contribution is 7.91. The minimum absolute atomic E-state index is 0.000807. The number of hydrogen-bond donors (Lipinski definition) is 1. The number of hydrogen-bond acceptors (Lipinski definition) is 6. The highest BCUT2D eigenvalue weighted by Gasteiger charge is 2.36. The van der Waals surface area contributed by atoms with Crippen molar-refractivity contribution in [3.05, 3.63) is 41.7 Å². The van der Waals surface area contributed by atoms with Crippen LogP contribution in [0, 0.1) is 0 Å². The van der Waals surface area contributed by atoms with E-state index in [9.17, 15) is 13.5 Å². The number of tetrazole rings is 1. The topological polar surface area (TPSA) is 98.0 Å². The van der Waals surface area contributed by atoms with Crippen LogP contribution in [0.3, 0.4) is 0 Å². The van der Waals surface area contributed by atoms with E-state index < -0.39 is 15.4 Å². The van der Waals surface area contributed by atoms with Crippen molar-refractivity contribution in [1.29, 1.82) is 0 Å². The molecule has 0 bridgehead atoms. The summed E-state index contributed by atoms with van der Waals surface area (Å²) in [5, 5.41) is 22.1. The molecule has 0 radical (unpaired) electrons. The first-order valence-electron chi connectivity index (χ1n) is 7.38. The SMILES string of the molecule is O=S1(=O)CCC(O)(Cn2nnnc2/C=C/c2ccccc2)CC1. The molecule has 0 unspecified atom stereocenters. The van der Waals surface area contributed by atoms with Crippen LogP contribution >= 0.6 is 0 Å². The Morgan fingerprint density at radius 3 is 2.57 bits per heavy atom. The van der Waals surface area contributed by atoms with E-state index in [4.69, 9.17) is 0 Å². The van der Waals surface area contributed by atoms with E-state index in [1.165, 1.54) is 4.68 Å². The van der Waals surface area contributed by atoms with Gasteiger partial charge in [-0.3, -0.25) is 0 Å². The summed E-state index contributed by atoms with van der Waals surface area (Å²) in [6.45, 7) is 0.185. The summed E-state index contributed by atoms with van der Waals surface area (Å²) in [6, 6.07) is 9.74. The summed E-state index contributed by atoms with van der Waals surface area (Å²) in [5.74, 6) is 0.525. The van der Waals surface area contributed by atoms with E-state index in [0.29, 0.717) is 5.82 Å². The Bertz CT molecular complexity index is 785. The molecule has 3 rings (SSSR count). The van der Waals surface area contributed by atoms with Crippen molar-refractivity contribution in [3.63, 3.8) is 0 Å². The van der Waals surface area contributed by atoms with Crippen LogP contribution in [0.25, 0.3) is 12.2 Å². The highest BCUT2D eigenvalue weighted by atomic mass is 32.2. The fourth-order valence-electron chi connectivity index (χ4n) is 2.53. The van der Waals surface area contributed by atoms with Gasteiger partial charge >= 0.3 is 0 Å². The summed E-state index contributed by atoms with van der Waals surface area (Å²) in [7, 11) is -3.02. The monoisotopic (exact) mass is 334 g/mol. The van der Waals surface area contributed by atoms with Crippen molar-refractivity contribution >= 4 is 22.0 Å². The van der Waals surface area contributed by atoms with E-state index in [-0.39, 0.29) is 30.9 Å².